The maximum Gasteiger partial charge on any atom is 0.421 e. The topological polar surface area (TPSA) is 99.6 Å². The van der Waals surface area contributed by atoms with Crippen molar-refractivity contribution in [1.29, 1.82) is 0 Å². The van der Waals surface area contributed by atoms with E-state index in [9.17, 15) is 33.0 Å². The number of methoxy groups -OCH3 is 1. The predicted octanol–water partition coefficient (Wildman–Crippen LogP) is -0.0390. The van der Waals surface area contributed by atoms with Gasteiger partial charge in [-0.1, -0.05) is 0 Å². The Morgan fingerprint density at radius 1 is 1.42 bits per heavy atom. The molecule has 0 saturated carbocycles. The molecule has 0 spiro atoms. The Kier molecular flexibility index (Phi) is 4.32. The van der Waals surface area contributed by atoms with Crippen molar-refractivity contribution in [3.63, 3.8) is 0 Å². The first-order valence-corrected chi connectivity index (χ1v) is 4.92. The summed E-state index contributed by atoms with van der Waals surface area (Å²) in [7, 11) is 0.937. The number of carbonyl (C=O) groups is 1. The number of ether oxygens (including phenoxy) is 1. The molecule has 0 aliphatic rings. The van der Waals surface area contributed by atoms with Gasteiger partial charge < -0.3 is 19.9 Å². The first kappa shape index (κ1) is 15.2. The van der Waals surface area contributed by atoms with Gasteiger partial charge in [-0.2, -0.15) is 13.2 Å². The third-order valence-corrected chi connectivity index (χ3v) is 2.31. The summed E-state index contributed by atoms with van der Waals surface area (Å²) < 4.78 is 41.5. The zero-order valence-corrected chi connectivity index (χ0v) is 9.56. The first-order valence-electron chi connectivity index (χ1n) is 4.92. The Labute approximate surface area is 104 Å². The van der Waals surface area contributed by atoms with Gasteiger partial charge in [0.2, 0.25) is 0 Å². The molecule has 9 heteroatoms. The van der Waals surface area contributed by atoms with Crippen LogP contribution in [-0.2, 0) is 15.7 Å². The maximum atomic E-state index is 12.5. The number of aliphatic hydroxyl groups excluding tert-OH is 2. The van der Waals surface area contributed by atoms with Gasteiger partial charge in [0.25, 0.3) is 5.56 Å². The summed E-state index contributed by atoms with van der Waals surface area (Å²) in [6, 6.07) is 0.357. The van der Waals surface area contributed by atoms with E-state index in [1.165, 1.54) is 0 Å². The molecular weight excluding hydrogens is 271 g/mol. The molecule has 1 aromatic heterocycles. The average Bonchev–Trinajstić information content (AvgIpc) is 2.35. The summed E-state index contributed by atoms with van der Waals surface area (Å²) in [5.41, 5.74) is -3.40. The van der Waals surface area contributed by atoms with E-state index in [0.29, 0.717) is 6.07 Å². The number of esters is 1. The highest BCUT2D eigenvalue weighted by Gasteiger charge is 2.35. The normalized spacial score (nSPS) is 14.8. The minimum atomic E-state index is -4.92. The van der Waals surface area contributed by atoms with Gasteiger partial charge in [0, 0.05) is 11.8 Å². The van der Waals surface area contributed by atoms with Crippen LogP contribution in [0.25, 0.3) is 0 Å². The molecule has 0 fully saturated rings. The van der Waals surface area contributed by atoms with Gasteiger partial charge in [0.05, 0.1) is 7.11 Å². The number of alkyl halides is 3. The monoisotopic (exact) mass is 281 g/mol. The molecule has 0 saturated heterocycles. The molecule has 0 aliphatic carbocycles. The van der Waals surface area contributed by atoms with Crippen molar-refractivity contribution < 1.29 is 32.9 Å². The van der Waals surface area contributed by atoms with Crippen LogP contribution in [0.15, 0.2) is 17.1 Å². The van der Waals surface area contributed by atoms with E-state index >= 15 is 0 Å². The Balaban J connectivity index is 3.16. The SMILES string of the molecule is COC(=O)C(O)C(O)c1c[nH]c(=O)c(C(F)(F)F)c1. The number of rotatable bonds is 3. The number of hydrogen-bond donors (Lipinski definition) is 3. The average molecular weight is 281 g/mol. The largest absolute Gasteiger partial charge is 0.467 e. The second kappa shape index (κ2) is 5.41. The lowest BCUT2D eigenvalue weighted by molar-refractivity contribution is -0.156. The smallest absolute Gasteiger partial charge is 0.421 e. The van der Waals surface area contributed by atoms with Gasteiger partial charge in [-0.25, -0.2) is 4.79 Å². The minimum absolute atomic E-state index is 0.357. The van der Waals surface area contributed by atoms with Crippen molar-refractivity contribution in [3.05, 3.63) is 33.7 Å². The van der Waals surface area contributed by atoms with Crippen LogP contribution in [-0.4, -0.2) is 34.4 Å². The Morgan fingerprint density at radius 3 is 2.47 bits per heavy atom. The quantitative estimate of drug-likeness (QED) is 0.675. The van der Waals surface area contributed by atoms with Gasteiger partial charge in [-0.3, -0.25) is 4.79 Å². The lowest BCUT2D eigenvalue weighted by atomic mass is 10.0. The fourth-order valence-electron chi connectivity index (χ4n) is 1.31. The van der Waals surface area contributed by atoms with Crippen LogP contribution in [0.1, 0.15) is 17.2 Å². The van der Waals surface area contributed by atoms with Crippen LogP contribution >= 0.6 is 0 Å². The third-order valence-electron chi connectivity index (χ3n) is 2.31. The molecule has 2 atom stereocenters. The molecule has 106 valence electrons. The molecule has 19 heavy (non-hydrogen) atoms. The van der Waals surface area contributed by atoms with E-state index in [4.69, 9.17) is 0 Å². The number of aromatic nitrogens is 1. The molecule has 0 aromatic carbocycles. The number of aromatic amines is 1. The van der Waals surface area contributed by atoms with Crippen molar-refractivity contribution in [1.82, 2.24) is 4.98 Å². The molecule has 1 rings (SSSR count). The molecule has 1 aromatic rings. The molecule has 1 heterocycles. The van der Waals surface area contributed by atoms with E-state index in [1.807, 2.05) is 0 Å². The summed E-state index contributed by atoms with van der Waals surface area (Å²) in [5, 5.41) is 18.8. The fourth-order valence-corrected chi connectivity index (χ4v) is 1.31. The molecule has 0 amide bonds. The van der Waals surface area contributed by atoms with E-state index in [1.54, 1.807) is 4.98 Å². The van der Waals surface area contributed by atoms with Gasteiger partial charge >= 0.3 is 12.1 Å². The highest BCUT2D eigenvalue weighted by molar-refractivity contribution is 5.75. The van der Waals surface area contributed by atoms with Crippen LogP contribution in [0.2, 0.25) is 0 Å². The van der Waals surface area contributed by atoms with Gasteiger partial charge in [0.15, 0.2) is 6.10 Å². The first-order chi connectivity index (χ1) is 8.68. The molecule has 0 radical (unpaired) electrons. The second-order valence-electron chi connectivity index (χ2n) is 3.59. The van der Waals surface area contributed by atoms with Gasteiger partial charge in [-0.05, 0) is 6.07 Å². The highest BCUT2D eigenvalue weighted by Crippen LogP contribution is 2.28. The van der Waals surface area contributed by atoms with Gasteiger partial charge in [-0.15, -0.1) is 0 Å². The zero-order chi connectivity index (χ0) is 14.8. The van der Waals surface area contributed by atoms with Crippen LogP contribution in [0.5, 0.6) is 0 Å². The summed E-state index contributed by atoms with van der Waals surface area (Å²) >= 11 is 0. The van der Waals surface area contributed by atoms with Crippen molar-refractivity contribution in [2.75, 3.05) is 7.11 Å². The van der Waals surface area contributed by atoms with Crippen LogP contribution < -0.4 is 5.56 Å². The number of hydrogen-bond acceptors (Lipinski definition) is 5. The molecule has 0 aliphatic heterocycles. The number of pyridine rings is 1. The molecule has 3 N–H and O–H groups in total. The Bertz CT molecular complexity index is 525. The predicted molar refractivity (Wildman–Crippen MR) is 55.0 cm³/mol. The lowest BCUT2D eigenvalue weighted by Gasteiger charge is -2.16. The molecular formula is C10H10F3NO5. The highest BCUT2D eigenvalue weighted by atomic mass is 19.4. The fraction of sp³-hybridized carbons (Fsp3) is 0.400. The number of nitrogens with one attached hydrogen (secondary N) is 1. The Hall–Kier alpha value is -1.87. The van der Waals surface area contributed by atoms with Crippen LogP contribution in [0, 0.1) is 0 Å². The lowest BCUT2D eigenvalue weighted by Crippen LogP contribution is -2.30. The summed E-state index contributed by atoms with van der Waals surface area (Å²) in [5.74, 6) is -1.22. The number of halogens is 3. The zero-order valence-electron chi connectivity index (χ0n) is 9.56. The van der Waals surface area contributed by atoms with Crippen LogP contribution in [0.4, 0.5) is 13.2 Å². The molecule has 6 nitrogen and oxygen atoms in total. The van der Waals surface area contributed by atoms with E-state index in [-0.39, 0.29) is 0 Å². The standard InChI is InChI=1S/C10H10F3NO5/c1-19-9(18)7(16)6(15)4-2-5(10(11,12)13)8(17)14-3-4/h2-3,6-7,15-16H,1H3,(H,14,17). The van der Waals surface area contributed by atoms with Crippen molar-refractivity contribution in [2.45, 2.75) is 18.4 Å². The van der Waals surface area contributed by atoms with E-state index in [2.05, 4.69) is 4.74 Å². The number of H-pyrrole nitrogens is 1. The maximum absolute atomic E-state index is 12.5. The van der Waals surface area contributed by atoms with Crippen molar-refractivity contribution >= 4 is 5.97 Å². The molecule has 2 unspecified atom stereocenters. The third kappa shape index (κ3) is 3.32. The summed E-state index contributed by atoms with van der Waals surface area (Å²) in [6.07, 6.45) is -8.16. The minimum Gasteiger partial charge on any atom is -0.467 e. The Morgan fingerprint density at radius 2 is 2.00 bits per heavy atom. The number of carbonyl (C=O) groups excluding carboxylic acids is 1. The van der Waals surface area contributed by atoms with Crippen molar-refractivity contribution in [2.24, 2.45) is 0 Å². The summed E-state index contributed by atoms with van der Waals surface area (Å²) in [6.45, 7) is 0. The van der Waals surface area contributed by atoms with Crippen LogP contribution in [0.3, 0.4) is 0 Å². The second-order valence-corrected chi connectivity index (χ2v) is 3.59. The van der Waals surface area contributed by atoms with E-state index in [0.717, 1.165) is 13.3 Å². The van der Waals surface area contributed by atoms with E-state index < -0.39 is 41.0 Å². The van der Waals surface area contributed by atoms with Crippen molar-refractivity contribution in [3.8, 4) is 0 Å². The number of aliphatic hydroxyl groups is 2. The molecule has 0 bridgehead atoms. The summed E-state index contributed by atoms with van der Waals surface area (Å²) in [4.78, 5) is 23.7. The van der Waals surface area contributed by atoms with Gasteiger partial charge in [0.1, 0.15) is 11.7 Å².